The Balaban J connectivity index is 2.31. The van der Waals surface area contributed by atoms with Crippen LogP contribution in [0.5, 0.6) is 0 Å². The number of amides is 2. The highest BCUT2D eigenvalue weighted by Gasteiger charge is 2.37. The summed E-state index contributed by atoms with van der Waals surface area (Å²) >= 11 is 0. The van der Waals surface area contributed by atoms with E-state index < -0.39 is 11.5 Å². The lowest BCUT2D eigenvalue weighted by Crippen LogP contribution is -2.47. The van der Waals surface area contributed by atoms with E-state index in [1.807, 2.05) is 6.92 Å². The first-order valence-electron chi connectivity index (χ1n) is 7.77. The van der Waals surface area contributed by atoms with Crippen molar-refractivity contribution in [2.45, 2.75) is 70.3 Å². The third-order valence-corrected chi connectivity index (χ3v) is 3.83. The molecule has 0 aromatic heterocycles. The lowest BCUT2D eigenvalue weighted by atomic mass is 9.93. The zero-order valence-corrected chi connectivity index (χ0v) is 12.7. The molecule has 1 fully saturated rings. The second-order valence-corrected chi connectivity index (χ2v) is 5.81. The molecule has 0 aliphatic heterocycles. The number of carbonyl (C=O) groups is 3. The van der Waals surface area contributed by atoms with Crippen LogP contribution in [0.25, 0.3) is 0 Å². The van der Waals surface area contributed by atoms with Crippen molar-refractivity contribution in [3.05, 3.63) is 0 Å². The quantitative estimate of drug-likeness (QED) is 0.602. The molecule has 3 N–H and O–H groups in total. The minimum atomic E-state index is -0.879. The van der Waals surface area contributed by atoms with Gasteiger partial charge in [-0.1, -0.05) is 19.8 Å². The molecule has 1 rings (SSSR count). The van der Waals surface area contributed by atoms with Crippen molar-refractivity contribution in [2.75, 3.05) is 6.54 Å². The van der Waals surface area contributed by atoms with Gasteiger partial charge in [0.15, 0.2) is 0 Å². The Bertz CT molecular complexity index is 376. The first-order valence-corrected chi connectivity index (χ1v) is 7.77. The summed E-state index contributed by atoms with van der Waals surface area (Å²) in [6.45, 7) is 2.64. The van der Waals surface area contributed by atoms with Gasteiger partial charge in [-0.15, -0.1) is 0 Å². The summed E-state index contributed by atoms with van der Waals surface area (Å²) in [5.74, 6) is -1.07. The van der Waals surface area contributed by atoms with Gasteiger partial charge >= 0.3 is 5.97 Å². The van der Waals surface area contributed by atoms with Gasteiger partial charge in [0.25, 0.3) is 0 Å². The molecule has 1 aliphatic carbocycles. The van der Waals surface area contributed by atoms with Gasteiger partial charge < -0.3 is 15.7 Å². The topological polar surface area (TPSA) is 95.5 Å². The van der Waals surface area contributed by atoms with Gasteiger partial charge in [-0.05, 0) is 25.7 Å². The number of hydrogen-bond acceptors (Lipinski definition) is 3. The maximum Gasteiger partial charge on any atom is 0.305 e. The number of rotatable bonds is 9. The molecule has 0 unspecified atom stereocenters. The lowest BCUT2D eigenvalue weighted by Gasteiger charge is -2.28. The van der Waals surface area contributed by atoms with Crippen LogP contribution >= 0.6 is 0 Å². The molecule has 1 saturated carbocycles. The summed E-state index contributed by atoms with van der Waals surface area (Å²) in [5, 5.41) is 14.6. The molecular formula is C15H26N2O4. The highest BCUT2D eigenvalue weighted by molar-refractivity contribution is 5.80. The van der Waals surface area contributed by atoms with Gasteiger partial charge in [-0.3, -0.25) is 14.4 Å². The van der Waals surface area contributed by atoms with Gasteiger partial charge in [-0.25, -0.2) is 0 Å². The molecule has 0 bridgehead atoms. The van der Waals surface area contributed by atoms with E-state index >= 15 is 0 Å². The fourth-order valence-corrected chi connectivity index (χ4v) is 2.81. The smallest absolute Gasteiger partial charge is 0.305 e. The third kappa shape index (κ3) is 6.60. The average Bonchev–Trinajstić information content (AvgIpc) is 2.83. The zero-order chi connectivity index (χ0) is 15.7. The van der Waals surface area contributed by atoms with Crippen LogP contribution in [0, 0.1) is 0 Å². The Morgan fingerprint density at radius 2 is 1.71 bits per heavy atom. The van der Waals surface area contributed by atoms with Crippen molar-refractivity contribution in [3.63, 3.8) is 0 Å². The molecule has 1 aliphatic rings. The standard InChI is InChI=1S/C15H26N2O4/c1-2-10-16-12(18)6-5-7-13(19)17-15(11-14(20)21)8-3-4-9-15/h2-11H2,1H3,(H,16,18)(H,17,19)(H,20,21). The van der Waals surface area contributed by atoms with E-state index in [-0.39, 0.29) is 24.7 Å². The third-order valence-electron chi connectivity index (χ3n) is 3.83. The highest BCUT2D eigenvalue weighted by atomic mass is 16.4. The fraction of sp³-hybridized carbons (Fsp3) is 0.800. The molecule has 0 spiro atoms. The highest BCUT2D eigenvalue weighted by Crippen LogP contribution is 2.32. The van der Waals surface area contributed by atoms with Crippen molar-refractivity contribution >= 4 is 17.8 Å². The van der Waals surface area contributed by atoms with Crippen LogP contribution in [0.1, 0.15) is 64.7 Å². The SMILES string of the molecule is CCCNC(=O)CCCC(=O)NC1(CC(=O)O)CCCC1. The molecule has 21 heavy (non-hydrogen) atoms. The first-order chi connectivity index (χ1) is 9.97. The molecule has 6 nitrogen and oxygen atoms in total. The summed E-state index contributed by atoms with van der Waals surface area (Å²) in [6.07, 6.45) is 5.31. The fourth-order valence-electron chi connectivity index (χ4n) is 2.81. The van der Waals surface area contributed by atoms with Gasteiger partial charge in [0.2, 0.25) is 11.8 Å². The molecule has 0 saturated heterocycles. The number of carbonyl (C=O) groups excluding carboxylic acids is 2. The average molecular weight is 298 g/mol. The maximum absolute atomic E-state index is 11.9. The Labute approximate surface area is 125 Å². The van der Waals surface area contributed by atoms with E-state index in [1.54, 1.807) is 0 Å². The number of carboxylic acids is 1. The lowest BCUT2D eigenvalue weighted by molar-refractivity contribution is -0.139. The van der Waals surface area contributed by atoms with E-state index in [1.165, 1.54) is 0 Å². The molecule has 6 heteroatoms. The monoisotopic (exact) mass is 298 g/mol. The summed E-state index contributed by atoms with van der Waals surface area (Å²) < 4.78 is 0. The van der Waals surface area contributed by atoms with E-state index in [0.29, 0.717) is 19.4 Å². The predicted octanol–water partition coefficient (Wildman–Crippen LogP) is 1.59. The van der Waals surface area contributed by atoms with E-state index in [4.69, 9.17) is 5.11 Å². The minimum Gasteiger partial charge on any atom is -0.481 e. The molecule has 2 amide bonds. The molecule has 120 valence electrons. The minimum absolute atomic E-state index is 0.0181. The summed E-state index contributed by atoms with van der Waals surface area (Å²) in [7, 11) is 0. The Morgan fingerprint density at radius 3 is 2.29 bits per heavy atom. The van der Waals surface area contributed by atoms with Crippen LogP contribution < -0.4 is 10.6 Å². The van der Waals surface area contributed by atoms with E-state index in [9.17, 15) is 14.4 Å². The van der Waals surface area contributed by atoms with Gasteiger partial charge in [0, 0.05) is 19.4 Å². The summed E-state index contributed by atoms with van der Waals surface area (Å²) in [5.41, 5.74) is -0.576. The zero-order valence-electron chi connectivity index (χ0n) is 12.7. The predicted molar refractivity (Wildman–Crippen MR) is 78.7 cm³/mol. The van der Waals surface area contributed by atoms with Crippen molar-refractivity contribution in [1.82, 2.24) is 10.6 Å². The molecule has 0 heterocycles. The number of hydrogen-bond donors (Lipinski definition) is 3. The number of nitrogens with one attached hydrogen (secondary N) is 2. The van der Waals surface area contributed by atoms with Crippen molar-refractivity contribution in [2.24, 2.45) is 0 Å². The summed E-state index contributed by atoms with van der Waals surface area (Å²) in [4.78, 5) is 34.3. The summed E-state index contributed by atoms with van der Waals surface area (Å²) in [6, 6.07) is 0. The van der Waals surface area contributed by atoms with Crippen molar-refractivity contribution in [1.29, 1.82) is 0 Å². The second kappa shape index (κ2) is 8.64. The van der Waals surface area contributed by atoms with Crippen LogP contribution in [0.15, 0.2) is 0 Å². The van der Waals surface area contributed by atoms with Crippen LogP contribution in [0.4, 0.5) is 0 Å². The Hall–Kier alpha value is -1.59. The van der Waals surface area contributed by atoms with E-state index in [2.05, 4.69) is 10.6 Å². The largest absolute Gasteiger partial charge is 0.481 e. The first kappa shape index (κ1) is 17.5. The molecule has 0 radical (unpaired) electrons. The molecule has 0 aromatic carbocycles. The molecule has 0 atom stereocenters. The normalized spacial score (nSPS) is 16.4. The Kier molecular flexibility index (Phi) is 7.19. The number of carboxylic acid groups (broad SMARTS) is 1. The van der Waals surface area contributed by atoms with Crippen molar-refractivity contribution < 1.29 is 19.5 Å². The Morgan fingerprint density at radius 1 is 1.10 bits per heavy atom. The van der Waals surface area contributed by atoms with Gasteiger partial charge in [0.05, 0.1) is 12.0 Å². The van der Waals surface area contributed by atoms with Crippen LogP contribution in [0.2, 0.25) is 0 Å². The van der Waals surface area contributed by atoms with Crippen LogP contribution in [-0.2, 0) is 14.4 Å². The van der Waals surface area contributed by atoms with Gasteiger partial charge in [0.1, 0.15) is 0 Å². The second-order valence-electron chi connectivity index (χ2n) is 5.81. The van der Waals surface area contributed by atoms with Gasteiger partial charge in [-0.2, -0.15) is 0 Å². The molecular weight excluding hydrogens is 272 g/mol. The van der Waals surface area contributed by atoms with E-state index in [0.717, 1.165) is 32.1 Å². The number of aliphatic carboxylic acids is 1. The van der Waals surface area contributed by atoms with Crippen molar-refractivity contribution in [3.8, 4) is 0 Å². The maximum atomic E-state index is 11.9. The van der Waals surface area contributed by atoms with Crippen LogP contribution in [-0.4, -0.2) is 35.0 Å². The molecule has 0 aromatic rings. The van der Waals surface area contributed by atoms with Crippen LogP contribution in [0.3, 0.4) is 0 Å².